The van der Waals surface area contributed by atoms with E-state index in [-0.39, 0.29) is 4.47 Å². The monoisotopic (exact) mass is 319 g/mol. The highest BCUT2D eigenvalue weighted by atomic mass is 79.9. The SMILES string of the molecule is NS(=O)(=O)c1cc(Br)ccc1OC(F)(F)F. The molecular weight excluding hydrogens is 315 g/mol. The summed E-state index contributed by atoms with van der Waals surface area (Å²) in [4.78, 5) is -0.737. The molecule has 0 bridgehead atoms. The molecule has 2 N–H and O–H groups in total. The second-order valence-corrected chi connectivity index (χ2v) is 5.13. The zero-order valence-corrected chi connectivity index (χ0v) is 9.86. The van der Waals surface area contributed by atoms with Crippen molar-refractivity contribution in [2.45, 2.75) is 11.3 Å². The number of ether oxygens (including phenoxy) is 1. The van der Waals surface area contributed by atoms with Crippen LogP contribution in [0.25, 0.3) is 0 Å². The van der Waals surface area contributed by atoms with Gasteiger partial charge in [-0.15, -0.1) is 13.2 Å². The average Bonchev–Trinajstić information content (AvgIpc) is 2.04. The molecule has 0 spiro atoms. The van der Waals surface area contributed by atoms with Gasteiger partial charge in [-0.3, -0.25) is 0 Å². The number of benzene rings is 1. The first-order valence-electron chi connectivity index (χ1n) is 3.68. The smallest absolute Gasteiger partial charge is 0.404 e. The molecule has 0 unspecified atom stereocenters. The Morgan fingerprint density at radius 2 is 1.88 bits per heavy atom. The highest BCUT2D eigenvalue weighted by molar-refractivity contribution is 9.10. The van der Waals surface area contributed by atoms with Gasteiger partial charge in [0, 0.05) is 4.47 Å². The zero-order valence-electron chi connectivity index (χ0n) is 7.45. The second-order valence-electron chi connectivity index (χ2n) is 2.68. The van der Waals surface area contributed by atoms with Crippen LogP contribution in [0.15, 0.2) is 27.6 Å². The van der Waals surface area contributed by atoms with Gasteiger partial charge in [0.25, 0.3) is 0 Å². The molecule has 1 rings (SSSR count). The third-order valence-electron chi connectivity index (χ3n) is 1.44. The molecule has 0 saturated carbocycles. The lowest BCUT2D eigenvalue weighted by Gasteiger charge is -2.12. The Kier molecular flexibility index (Phi) is 3.50. The molecule has 0 atom stereocenters. The Morgan fingerprint density at radius 3 is 2.31 bits per heavy atom. The van der Waals surface area contributed by atoms with Crippen molar-refractivity contribution in [2.75, 3.05) is 0 Å². The second kappa shape index (κ2) is 4.22. The minimum Gasteiger partial charge on any atom is -0.404 e. The Bertz CT molecular complexity index is 500. The molecule has 1 aromatic carbocycles. The molecule has 16 heavy (non-hydrogen) atoms. The molecule has 0 saturated heterocycles. The van der Waals surface area contributed by atoms with Gasteiger partial charge < -0.3 is 4.74 Å². The fraction of sp³-hybridized carbons (Fsp3) is 0.143. The number of hydrogen-bond donors (Lipinski definition) is 1. The van der Waals surface area contributed by atoms with E-state index >= 15 is 0 Å². The Balaban J connectivity index is 3.30. The largest absolute Gasteiger partial charge is 0.573 e. The van der Waals surface area contributed by atoms with Crippen molar-refractivity contribution in [3.8, 4) is 5.75 Å². The molecule has 0 amide bonds. The lowest BCUT2D eigenvalue weighted by molar-refractivity contribution is -0.275. The highest BCUT2D eigenvalue weighted by Gasteiger charge is 2.33. The Labute approximate surface area is 97.4 Å². The van der Waals surface area contributed by atoms with Crippen LogP contribution < -0.4 is 9.88 Å². The van der Waals surface area contributed by atoms with Gasteiger partial charge in [0.05, 0.1) is 0 Å². The summed E-state index contributed by atoms with van der Waals surface area (Å²) in [7, 11) is -4.28. The van der Waals surface area contributed by atoms with Crippen molar-refractivity contribution >= 4 is 26.0 Å². The Morgan fingerprint density at radius 1 is 1.31 bits per heavy atom. The van der Waals surface area contributed by atoms with Crippen molar-refractivity contribution in [3.63, 3.8) is 0 Å². The van der Waals surface area contributed by atoms with Crippen LogP contribution in [0.1, 0.15) is 0 Å². The molecule has 9 heteroatoms. The van der Waals surface area contributed by atoms with E-state index in [1.807, 2.05) is 0 Å². The van der Waals surface area contributed by atoms with E-state index in [1.54, 1.807) is 0 Å². The molecule has 0 radical (unpaired) electrons. The van der Waals surface area contributed by atoms with Crippen LogP contribution in [-0.2, 0) is 10.0 Å². The summed E-state index contributed by atoms with van der Waals surface area (Å²) in [5.74, 6) is -0.863. The van der Waals surface area contributed by atoms with Crippen molar-refractivity contribution in [1.82, 2.24) is 0 Å². The van der Waals surface area contributed by atoms with Crippen molar-refractivity contribution < 1.29 is 26.3 Å². The number of rotatable bonds is 2. The van der Waals surface area contributed by atoms with Crippen LogP contribution in [0, 0.1) is 0 Å². The van der Waals surface area contributed by atoms with Gasteiger partial charge in [0.2, 0.25) is 10.0 Å². The highest BCUT2D eigenvalue weighted by Crippen LogP contribution is 2.30. The van der Waals surface area contributed by atoms with E-state index in [1.165, 1.54) is 6.07 Å². The van der Waals surface area contributed by atoms with E-state index in [0.717, 1.165) is 12.1 Å². The summed E-state index contributed by atoms with van der Waals surface area (Å²) in [6.45, 7) is 0. The molecule has 4 nitrogen and oxygen atoms in total. The molecule has 0 fully saturated rings. The zero-order chi connectivity index (χ0) is 12.6. The lowest BCUT2D eigenvalue weighted by Crippen LogP contribution is -2.21. The molecule has 0 aliphatic rings. The first kappa shape index (κ1) is 13.3. The third-order valence-corrected chi connectivity index (χ3v) is 2.86. The number of alkyl halides is 3. The van der Waals surface area contributed by atoms with Crippen LogP contribution in [0.2, 0.25) is 0 Å². The maximum absolute atomic E-state index is 11.9. The topological polar surface area (TPSA) is 69.4 Å². The van der Waals surface area contributed by atoms with Gasteiger partial charge in [0.1, 0.15) is 10.6 Å². The summed E-state index contributed by atoms with van der Waals surface area (Å²) in [5.41, 5.74) is 0. The number of nitrogens with two attached hydrogens (primary N) is 1. The van der Waals surface area contributed by atoms with Gasteiger partial charge in [0.15, 0.2) is 0 Å². The van der Waals surface area contributed by atoms with E-state index < -0.39 is 27.0 Å². The van der Waals surface area contributed by atoms with Crippen molar-refractivity contribution in [3.05, 3.63) is 22.7 Å². The molecule has 0 heterocycles. The number of primary sulfonamides is 1. The maximum atomic E-state index is 11.9. The van der Waals surface area contributed by atoms with E-state index in [0.29, 0.717) is 0 Å². The summed E-state index contributed by atoms with van der Waals surface area (Å²) < 4.78 is 61.6. The predicted molar refractivity (Wildman–Crippen MR) is 52.2 cm³/mol. The first-order chi connectivity index (χ1) is 7.09. The summed E-state index contributed by atoms with van der Waals surface area (Å²) >= 11 is 2.91. The van der Waals surface area contributed by atoms with Gasteiger partial charge in [-0.25, -0.2) is 13.6 Å². The predicted octanol–water partition coefficient (Wildman–Crippen LogP) is 2.00. The number of sulfonamides is 1. The van der Waals surface area contributed by atoms with Crippen LogP contribution in [0.5, 0.6) is 5.75 Å². The summed E-state index contributed by atoms with van der Waals surface area (Å²) in [5, 5.41) is 4.75. The minimum absolute atomic E-state index is 0.269. The van der Waals surface area contributed by atoms with Gasteiger partial charge in [-0.1, -0.05) is 15.9 Å². The third kappa shape index (κ3) is 3.65. The number of halogens is 4. The fourth-order valence-corrected chi connectivity index (χ4v) is 2.11. The normalized spacial score (nSPS) is 12.6. The van der Waals surface area contributed by atoms with E-state index in [4.69, 9.17) is 5.14 Å². The number of hydrogen-bond acceptors (Lipinski definition) is 3. The summed E-state index contributed by atoms with van der Waals surface area (Å²) in [6, 6.07) is 2.99. The van der Waals surface area contributed by atoms with E-state index in [9.17, 15) is 21.6 Å². The maximum Gasteiger partial charge on any atom is 0.573 e. The van der Waals surface area contributed by atoms with Crippen LogP contribution in [0.3, 0.4) is 0 Å². The molecule has 0 aliphatic carbocycles. The minimum atomic E-state index is -4.98. The van der Waals surface area contributed by atoms with Crippen molar-refractivity contribution in [1.29, 1.82) is 0 Å². The average molecular weight is 320 g/mol. The molecule has 0 aromatic heterocycles. The standard InChI is InChI=1S/C7H5BrF3NO3S/c8-4-1-2-5(15-7(9,10)11)6(3-4)16(12,13)14/h1-3H,(H2,12,13,14). The van der Waals surface area contributed by atoms with Gasteiger partial charge in [-0.2, -0.15) is 0 Å². The summed E-state index contributed by atoms with van der Waals surface area (Å²) in [6.07, 6.45) is -4.98. The molecular formula is C7H5BrF3NO3S. The fourth-order valence-electron chi connectivity index (χ4n) is 0.913. The molecule has 1 aromatic rings. The van der Waals surface area contributed by atoms with Gasteiger partial charge >= 0.3 is 6.36 Å². The van der Waals surface area contributed by atoms with Crippen LogP contribution in [0.4, 0.5) is 13.2 Å². The molecule has 0 aliphatic heterocycles. The quantitative estimate of drug-likeness (QED) is 0.906. The van der Waals surface area contributed by atoms with Crippen LogP contribution in [-0.4, -0.2) is 14.8 Å². The molecule has 90 valence electrons. The first-order valence-corrected chi connectivity index (χ1v) is 6.01. The van der Waals surface area contributed by atoms with Crippen LogP contribution >= 0.6 is 15.9 Å². The van der Waals surface area contributed by atoms with Crippen molar-refractivity contribution in [2.24, 2.45) is 5.14 Å². The van der Waals surface area contributed by atoms with E-state index in [2.05, 4.69) is 20.7 Å². The Hall–Kier alpha value is -0.800. The lowest BCUT2D eigenvalue weighted by atomic mass is 10.3. The van der Waals surface area contributed by atoms with Gasteiger partial charge in [-0.05, 0) is 18.2 Å².